The van der Waals surface area contributed by atoms with Crippen LogP contribution in [0.5, 0.6) is 5.75 Å². The normalized spacial score (nSPS) is 22.1. The number of halogens is 3. The van der Waals surface area contributed by atoms with Crippen molar-refractivity contribution in [2.24, 2.45) is 17.6 Å². The molecule has 2 heterocycles. The van der Waals surface area contributed by atoms with Crippen LogP contribution in [0, 0.1) is 11.8 Å². The molecule has 0 radical (unpaired) electrons. The molecule has 1 saturated heterocycles. The zero-order valence-electron chi connectivity index (χ0n) is 19.0. The van der Waals surface area contributed by atoms with Gasteiger partial charge in [-0.05, 0) is 48.8 Å². The summed E-state index contributed by atoms with van der Waals surface area (Å²) in [6.07, 6.45) is -2.07. The van der Waals surface area contributed by atoms with Crippen LogP contribution in [-0.2, 0) is 11.2 Å². The van der Waals surface area contributed by atoms with Crippen molar-refractivity contribution in [1.82, 2.24) is 4.98 Å². The van der Waals surface area contributed by atoms with Crippen molar-refractivity contribution in [2.75, 3.05) is 18.0 Å². The van der Waals surface area contributed by atoms with Gasteiger partial charge in [-0.1, -0.05) is 25.5 Å². The molecule has 4 rings (SSSR count). The zero-order chi connectivity index (χ0) is 25.5. The Hall–Kier alpha value is -3.34. The number of alkyl halides is 3. The highest BCUT2D eigenvalue weighted by atomic mass is 19.4. The third-order valence-corrected chi connectivity index (χ3v) is 6.94. The number of H-pyrrole nitrogens is 1. The minimum Gasteiger partial charge on any atom is -0.477 e. The molecule has 0 amide bonds. The Kier molecular flexibility index (Phi) is 6.63. The standard InChI is InChI=1S/C24H26F3N3O5/c1-2-15-19(29-21(31)18(22(32)33)20(15)35-23(34)24(25,26)27)12-6-8-14(9-7-12)30-10-13-4-3-5-17(28)16(13)11-30/h6-9,13,16-17H,2-5,10-11,28H2,1H3,(H,29,31)(H,32,33)/t13-,16+,17-/m1/s1. The Labute approximate surface area is 198 Å². The molecule has 1 aliphatic heterocycles. The Balaban J connectivity index is 1.70. The van der Waals surface area contributed by atoms with Gasteiger partial charge in [-0.3, -0.25) is 4.79 Å². The first kappa shape index (κ1) is 24.8. The van der Waals surface area contributed by atoms with Gasteiger partial charge < -0.3 is 25.5 Å². The first-order valence-corrected chi connectivity index (χ1v) is 11.4. The summed E-state index contributed by atoms with van der Waals surface area (Å²) in [7, 11) is 0. The van der Waals surface area contributed by atoms with Crippen LogP contribution >= 0.6 is 0 Å². The van der Waals surface area contributed by atoms with Crippen molar-refractivity contribution in [2.45, 2.75) is 44.8 Å². The number of benzene rings is 1. The molecule has 1 saturated carbocycles. The van der Waals surface area contributed by atoms with Crippen LogP contribution in [0.15, 0.2) is 29.1 Å². The van der Waals surface area contributed by atoms with Crippen LogP contribution in [0.1, 0.15) is 42.1 Å². The van der Waals surface area contributed by atoms with Crippen molar-refractivity contribution >= 4 is 17.6 Å². The van der Waals surface area contributed by atoms with Gasteiger partial charge in [0.25, 0.3) is 5.56 Å². The average Bonchev–Trinajstić information content (AvgIpc) is 3.24. The number of hydrogen-bond acceptors (Lipinski definition) is 6. The number of nitrogens with two attached hydrogens (primary N) is 1. The lowest BCUT2D eigenvalue weighted by Gasteiger charge is -2.29. The second-order valence-electron chi connectivity index (χ2n) is 9.03. The molecule has 2 aromatic rings. The van der Waals surface area contributed by atoms with Crippen LogP contribution in [0.4, 0.5) is 18.9 Å². The lowest BCUT2D eigenvalue weighted by atomic mass is 9.78. The van der Waals surface area contributed by atoms with E-state index in [0.29, 0.717) is 17.4 Å². The lowest BCUT2D eigenvalue weighted by Crippen LogP contribution is -2.38. The molecule has 0 bridgehead atoms. The van der Waals surface area contributed by atoms with E-state index in [1.54, 1.807) is 19.1 Å². The predicted molar refractivity (Wildman–Crippen MR) is 122 cm³/mol. The molecule has 188 valence electrons. The number of ether oxygens (including phenoxy) is 1. The first-order valence-electron chi connectivity index (χ1n) is 11.4. The number of rotatable bonds is 5. The average molecular weight is 493 g/mol. The SMILES string of the molecule is CCc1c(-c2ccc(N3C[C@H]4CCC[C@@H](N)[C@H]4C3)cc2)[nH]c(=O)c(C(=O)O)c1OC(=O)C(F)(F)F. The largest absolute Gasteiger partial charge is 0.491 e. The Morgan fingerprint density at radius 1 is 1.20 bits per heavy atom. The van der Waals surface area contributed by atoms with Crippen molar-refractivity contribution in [3.05, 3.63) is 45.7 Å². The van der Waals surface area contributed by atoms with Crippen molar-refractivity contribution in [3.8, 4) is 17.0 Å². The number of aromatic carboxylic acids is 1. The number of carboxylic acid groups (broad SMARTS) is 1. The second kappa shape index (κ2) is 9.37. The zero-order valence-corrected chi connectivity index (χ0v) is 19.0. The van der Waals surface area contributed by atoms with E-state index in [2.05, 4.69) is 14.6 Å². The molecule has 0 unspecified atom stereocenters. The van der Waals surface area contributed by atoms with E-state index in [9.17, 15) is 32.7 Å². The van der Waals surface area contributed by atoms with Gasteiger partial charge in [0.15, 0.2) is 11.3 Å². The molecule has 2 fully saturated rings. The monoisotopic (exact) mass is 493 g/mol. The number of nitrogens with zero attached hydrogens (tertiary/aromatic N) is 1. The minimum atomic E-state index is -5.36. The van der Waals surface area contributed by atoms with Gasteiger partial charge in [0, 0.05) is 30.4 Å². The maximum absolute atomic E-state index is 12.8. The molecule has 0 spiro atoms. The summed E-state index contributed by atoms with van der Waals surface area (Å²) in [5.41, 5.74) is 5.54. The summed E-state index contributed by atoms with van der Waals surface area (Å²) in [6.45, 7) is 3.28. The predicted octanol–water partition coefficient (Wildman–Crippen LogP) is 3.33. The van der Waals surface area contributed by atoms with Crippen molar-refractivity contribution in [1.29, 1.82) is 0 Å². The van der Waals surface area contributed by atoms with E-state index < -0.39 is 35.0 Å². The molecule has 1 aromatic carbocycles. The van der Waals surface area contributed by atoms with E-state index in [1.165, 1.54) is 0 Å². The summed E-state index contributed by atoms with van der Waals surface area (Å²) >= 11 is 0. The van der Waals surface area contributed by atoms with Crippen molar-refractivity contribution in [3.63, 3.8) is 0 Å². The maximum atomic E-state index is 12.8. The maximum Gasteiger partial charge on any atom is 0.491 e. The number of aromatic amines is 1. The fourth-order valence-electron chi connectivity index (χ4n) is 5.23. The summed E-state index contributed by atoms with van der Waals surface area (Å²) in [6, 6.07) is 7.24. The van der Waals surface area contributed by atoms with E-state index in [0.717, 1.165) is 38.0 Å². The van der Waals surface area contributed by atoms with Crippen LogP contribution in [-0.4, -0.2) is 47.3 Å². The second-order valence-corrected chi connectivity index (χ2v) is 9.03. The number of esters is 1. The number of pyridine rings is 1. The van der Waals surface area contributed by atoms with E-state index in [4.69, 9.17) is 5.73 Å². The fourth-order valence-corrected chi connectivity index (χ4v) is 5.23. The quantitative estimate of drug-likeness (QED) is 0.546. The lowest BCUT2D eigenvalue weighted by molar-refractivity contribution is -0.189. The molecule has 8 nitrogen and oxygen atoms in total. The van der Waals surface area contributed by atoms with Gasteiger partial charge >= 0.3 is 18.1 Å². The van der Waals surface area contributed by atoms with Gasteiger partial charge in [0.2, 0.25) is 0 Å². The van der Waals surface area contributed by atoms with Crippen molar-refractivity contribution < 1.29 is 32.6 Å². The number of carbonyl (C=O) groups is 2. The Morgan fingerprint density at radius 2 is 1.89 bits per heavy atom. The number of nitrogens with one attached hydrogen (secondary N) is 1. The van der Waals surface area contributed by atoms with Crippen LogP contribution in [0.2, 0.25) is 0 Å². The Morgan fingerprint density at radius 3 is 2.46 bits per heavy atom. The van der Waals surface area contributed by atoms with Gasteiger partial charge in [0.1, 0.15) is 0 Å². The summed E-state index contributed by atoms with van der Waals surface area (Å²) < 4.78 is 42.9. The number of hydrogen-bond donors (Lipinski definition) is 3. The van der Waals surface area contributed by atoms with Gasteiger partial charge in [-0.25, -0.2) is 9.59 Å². The highest BCUT2D eigenvalue weighted by Crippen LogP contribution is 2.38. The van der Waals surface area contributed by atoms with E-state index in [-0.39, 0.29) is 23.7 Å². The topological polar surface area (TPSA) is 126 Å². The van der Waals surface area contributed by atoms with Crippen LogP contribution in [0.25, 0.3) is 11.3 Å². The molecule has 4 N–H and O–H groups in total. The van der Waals surface area contributed by atoms with Gasteiger partial charge in [-0.15, -0.1) is 0 Å². The van der Waals surface area contributed by atoms with Gasteiger partial charge in [0.05, 0.1) is 5.69 Å². The number of aromatic nitrogens is 1. The molecular formula is C24H26F3N3O5. The smallest absolute Gasteiger partial charge is 0.477 e. The van der Waals surface area contributed by atoms with E-state index in [1.807, 2.05) is 12.1 Å². The molecule has 35 heavy (non-hydrogen) atoms. The van der Waals surface area contributed by atoms with E-state index >= 15 is 0 Å². The number of carbonyl (C=O) groups excluding carboxylic acids is 1. The summed E-state index contributed by atoms with van der Waals surface area (Å²) in [4.78, 5) is 40.3. The number of carboxylic acids is 1. The summed E-state index contributed by atoms with van der Waals surface area (Å²) in [5.74, 6) is -4.34. The molecule has 1 aliphatic carbocycles. The number of fused-ring (bicyclic) bond motifs is 1. The molecule has 11 heteroatoms. The molecule has 3 atom stereocenters. The van der Waals surface area contributed by atoms with Crippen LogP contribution in [0.3, 0.4) is 0 Å². The van der Waals surface area contributed by atoms with Gasteiger partial charge in [-0.2, -0.15) is 13.2 Å². The highest BCUT2D eigenvalue weighted by molar-refractivity contribution is 5.94. The third-order valence-electron chi connectivity index (χ3n) is 6.94. The van der Waals surface area contributed by atoms with Crippen LogP contribution < -0.4 is 20.9 Å². The molecule has 2 aliphatic rings. The minimum absolute atomic E-state index is 0.00197. The molecular weight excluding hydrogens is 467 g/mol. The third kappa shape index (κ3) is 4.77. The summed E-state index contributed by atoms with van der Waals surface area (Å²) in [5, 5.41) is 9.40. The number of anilines is 1. The highest BCUT2D eigenvalue weighted by Gasteiger charge is 2.43. The molecule has 1 aromatic heterocycles. The first-order chi connectivity index (χ1) is 16.5. The Bertz CT molecular complexity index is 1190. The fraction of sp³-hybridized carbons (Fsp3) is 0.458.